The van der Waals surface area contributed by atoms with Crippen molar-refractivity contribution in [3.8, 4) is 0 Å². The maximum absolute atomic E-state index is 5.83. The van der Waals surface area contributed by atoms with Crippen molar-refractivity contribution >= 4 is 27.6 Å². The van der Waals surface area contributed by atoms with Gasteiger partial charge in [-0.2, -0.15) is 0 Å². The van der Waals surface area contributed by atoms with Gasteiger partial charge in [0, 0.05) is 23.0 Å². The molecule has 2 aromatic rings. The van der Waals surface area contributed by atoms with Crippen LogP contribution in [0.25, 0.3) is 0 Å². The number of nitrogens with zero attached hydrogens (tertiary/aromatic N) is 2. The molecule has 0 fully saturated rings. The summed E-state index contributed by atoms with van der Waals surface area (Å²) in [6, 6.07) is 10.2. The molecule has 1 atom stereocenters. The van der Waals surface area contributed by atoms with Gasteiger partial charge in [0.1, 0.15) is 17.5 Å². The highest BCUT2D eigenvalue weighted by atomic mass is 79.9. The number of hydrogen-bond acceptors (Lipinski definition) is 4. The molecule has 4 nitrogen and oxygen atoms in total. The minimum Gasteiger partial charge on any atom is -0.384 e. The molecular weight excluding hydrogens is 316 g/mol. The van der Waals surface area contributed by atoms with Crippen molar-refractivity contribution in [1.82, 2.24) is 9.97 Å². The van der Waals surface area contributed by atoms with Gasteiger partial charge in [-0.05, 0) is 31.0 Å². The topological polar surface area (TPSA) is 63.8 Å². The number of halogens is 1. The summed E-state index contributed by atoms with van der Waals surface area (Å²) in [6.45, 7) is 4.20. The average Bonchev–Trinajstić information content (AvgIpc) is 2.39. The number of benzene rings is 1. The Bertz CT molecular complexity index is 569. The predicted molar refractivity (Wildman–Crippen MR) is 86.6 cm³/mol. The number of hydrogen-bond donors (Lipinski definition) is 2. The summed E-state index contributed by atoms with van der Waals surface area (Å²) < 4.78 is 1.07. The highest BCUT2D eigenvalue weighted by molar-refractivity contribution is 9.10. The Hall–Kier alpha value is -1.62. The lowest BCUT2D eigenvalue weighted by Gasteiger charge is -2.16. The van der Waals surface area contributed by atoms with E-state index in [1.807, 2.05) is 12.1 Å². The van der Waals surface area contributed by atoms with Gasteiger partial charge in [-0.15, -0.1) is 0 Å². The van der Waals surface area contributed by atoms with E-state index in [1.165, 1.54) is 5.56 Å². The Morgan fingerprint density at radius 3 is 2.60 bits per heavy atom. The zero-order chi connectivity index (χ0) is 14.5. The van der Waals surface area contributed by atoms with Crippen LogP contribution in [0.2, 0.25) is 0 Å². The largest absolute Gasteiger partial charge is 0.384 e. The van der Waals surface area contributed by atoms with Crippen molar-refractivity contribution in [1.29, 1.82) is 0 Å². The number of aryl methyl sites for hydroxylation is 1. The van der Waals surface area contributed by atoms with Gasteiger partial charge in [-0.25, -0.2) is 9.97 Å². The molecule has 0 spiro atoms. The summed E-state index contributed by atoms with van der Waals surface area (Å²) >= 11 is 3.44. The molecule has 0 bridgehead atoms. The van der Waals surface area contributed by atoms with Gasteiger partial charge in [0.25, 0.3) is 0 Å². The summed E-state index contributed by atoms with van der Waals surface area (Å²) in [5.74, 6) is 2.07. The third kappa shape index (κ3) is 3.93. The Morgan fingerprint density at radius 1 is 1.25 bits per heavy atom. The van der Waals surface area contributed by atoms with Crippen LogP contribution in [-0.2, 0) is 6.42 Å². The van der Waals surface area contributed by atoms with E-state index in [9.17, 15) is 0 Å². The molecule has 3 N–H and O–H groups in total. The molecule has 1 aromatic carbocycles. The molecule has 0 saturated carbocycles. The normalized spacial score (nSPS) is 12.2. The lowest BCUT2D eigenvalue weighted by atomic mass is 10.1. The second kappa shape index (κ2) is 6.70. The van der Waals surface area contributed by atoms with Crippen LogP contribution >= 0.6 is 15.9 Å². The molecule has 0 aliphatic carbocycles. The fourth-order valence-corrected chi connectivity index (χ4v) is 2.25. The first kappa shape index (κ1) is 14.8. The van der Waals surface area contributed by atoms with Crippen LogP contribution in [0.3, 0.4) is 0 Å². The summed E-state index contributed by atoms with van der Waals surface area (Å²) in [7, 11) is 0. The van der Waals surface area contributed by atoms with E-state index in [4.69, 9.17) is 5.73 Å². The van der Waals surface area contributed by atoms with Gasteiger partial charge >= 0.3 is 0 Å². The molecule has 20 heavy (non-hydrogen) atoms. The SMILES string of the molecule is CCCc1nc(N)cc(NC(C)c2ccc(Br)cc2)n1. The number of rotatable bonds is 5. The Balaban J connectivity index is 2.14. The number of aromatic nitrogens is 2. The predicted octanol–water partition coefficient (Wildman–Crippen LogP) is 3.95. The van der Waals surface area contributed by atoms with Crippen molar-refractivity contribution in [3.05, 3.63) is 46.2 Å². The van der Waals surface area contributed by atoms with Crippen LogP contribution in [0.1, 0.15) is 37.7 Å². The van der Waals surface area contributed by atoms with E-state index < -0.39 is 0 Å². The highest BCUT2D eigenvalue weighted by Crippen LogP contribution is 2.21. The molecule has 2 rings (SSSR count). The van der Waals surface area contributed by atoms with Gasteiger partial charge in [0.2, 0.25) is 0 Å². The van der Waals surface area contributed by atoms with Gasteiger partial charge in [0.05, 0.1) is 0 Å². The first-order valence-electron chi connectivity index (χ1n) is 6.74. The number of nitrogens with one attached hydrogen (secondary N) is 1. The molecule has 5 heteroatoms. The smallest absolute Gasteiger partial charge is 0.133 e. The van der Waals surface area contributed by atoms with E-state index in [-0.39, 0.29) is 6.04 Å². The maximum atomic E-state index is 5.83. The fourth-order valence-electron chi connectivity index (χ4n) is 1.98. The van der Waals surface area contributed by atoms with Gasteiger partial charge in [0.15, 0.2) is 0 Å². The molecule has 1 unspecified atom stereocenters. The molecule has 0 radical (unpaired) electrons. The molecule has 1 heterocycles. The monoisotopic (exact) mass is 334 g/mol. The Labute approximate surface area is 128 Å². The van der Waals surface area contributed by atoms with Crippen LogP contribution in [0.5, 0.6) is 0 Å². The van der Waals surface area contributed by atoms with Gasteiger partial charge < -0.3 is 11.1 Å². The van der Waals surface area contributed by atoms with Gasteiger partial charge in [-0.3, -0.25) is 0 Å². The van der Waals surface area contributed by atoms with E-state index in [0.29, 0.717) is 5.82 Å². The van der Waals surface area contributed by atoms with E-state index in [1.54, 1.807) is 6.07 Å². The third-order valence-corrected chi connectivity index (χ3v) is 3.53. The minimum atomic E-state index is 0.159. The van der Waals surface area contributed by atoms with E-state index >= 15 is 0 Å². The van der Waals surface area contributed by atoms with Crippen LogP contribution in [-0.4, -0.2) is 9.97 Å². The summed E-state index contributed by atoms with van der Waals surface area (Å²) in [5.41, 5.74) is 7.02. The van der Waals surface area contributed by atoms with Crippen LogP contribution in [0, 0.1) is 0 Å². The summed E-state index contributed by atoms with van der Waals surface area (Å²) in [4.78, 5) is 8.73. The summed E-state index contributed by atoms with van der Waals surface area (Å²) in [6.07, 6.45) is 1.84. The molecule has 0 aliphatic rings. The lowest BCUT2D eigenvalue weighted by molar-refractivity contribution is 0.821. The molecule has 0 amide bonds. The summed E-state index contributed by atoms with van der Waals surface area (Å²) in [5, 5.41) is 3.37. The third-order valence-electron chi connectivity index (χ3n) is 3.00. The van der Waals surface area contributed by atoms with Crippen molar-refractivity contribution in [2.45, 2.75) is 32.7 Å². The molecule has 106 valence electrons. The van der Waals surface area contributed by atoms with Crippen molar-refractivity contribution in [2.24, 2.45) is 0 Å². The standard InChI is InChI=1S/C15H19BrN4/c1-3-4-14-19-13(17)9-15(20-14)18-10(2)11-5-7-12(16)8-6-11/h5-10H,3-4H2,1-2H3,(H3,17,18,19,20). The van der Waals surface area contributed by atoms with Crippen molar-refractivity contribution < 1.29 is 0 Å². The lowest BCUT2D eigenvalue weighted by Crippen LogP contribution is -2.10. The first-order chi connectivity index (χ1) is 9.58. The first-order valence-corrected chi connectivity index (χ1v) is 7.53. The second-order valence-electron chi connectivity index (χ2n) is 4.76. The quantitative estimate of drug-likeness (QED) is 0.868. The second-order valence-corrected chi connectivity index (χ2v) is 5.68. The molecule has 1 aromatic heterocycles. The van der Waals surface area contributed by atoms with Crippen molar-refractivity contribution in [2.75, 3.05) is 11.1 Å². The Morgan fingerprint density at radius 2 is 1.95 bits per heavy atom. The van der Waals surface area contributed by atoms with E-state index in [0.717, 1.165) is 29.0 Å². The molecule has 0 aliphatic heterocycles. The highest BCUT2D eigenvalue weighted by Gasteiger charge is 2.08. The van der Waals surface area contributed by atoms with Crippen LogP contribution in [0.4, 0.5) is 11.6 Å². The zero-order valence-corrected chi connectivity index (χ0v) is 13.3. The number of nitrogen functional groups attached to an aromatic ring is 1. The van der Waals surface area contributed by atoms with Crippen molar-refractivity contribution in [3.63, 3.8) is 0 Å². The minimum absolute atomic E-state index is 0.159. The van der Waals surface area contributed by atoms with E-state index in [2.05, 4.69) is 57.2 Å². The molecular formula is C15H19BrN4. The maximum Gasteiger partial charge on any atom is 0.133 e. The van der Waals surface area contributed by atoms with Gasteiger partial charge in [-0.1, -0.05) is 35.0 Å². The zero-order valence-electron chi connectivity index (χ0n) is 11.7. The van der Waals surface area contributed by atoms with Crippen LogP contribution < -0.4 is 11.1 Å². The fraction of sp³-hybridized carbons (Fsp3) is 0.333. The Kier molecular flexibility index (Phi) is 4.95. The van der Waals surface area contributed by atoms with Crippen LogP contribution in [0.15, 0.2) is 34.8 Å². The average molecular weight is 335 g/mol. The number of anilines is 2. The molecule has 0 saturated heterocycles. The number of nitrogens with two attached hydrogens (primary N) is 1.